The molecule has 1 amide bonds. The summed E-state index contributed by atoms with van der Waals surface area (Å²) in [5, 5.41) is 87.5. The van der Waals surface area contributed by atoms with Gasteiger partial charge in [0.1, 0.15) is 48.8 Å². The number of ether oxygens (including phenoxy) is 4. The first-order valence-electron chi connectivity index (χ1n) is 36.6. The first-order chi connectivity index (χ1) is 42.1. The van der Waals surface area contributed by atoms with E-state index in [1.54, 1.807) is 6.08 Å². The summed E-state index contributed by atoms with van der Waals surface area (Å²) < 4.78 is 22.9. The maximum Gasteiger partial charge on any atom is 0.220 e. The third kappa shape index (κ3) is 41.1. The molecule has 2 aliphatic heterocycles. The highest BCUT2D eigenvalue weighted by atomic mass is 16.7. The molecule has 0 saturated carbocycles. The molecule has 2 heterocycles. The summed E-state index contributed by atoms with van der Waals surface area (Å²) in [4.78, 5) is 13.3. The van der Waals surface area contributed by atoms with E-state index in [0.717, 1.165) is 32.1 Å². The first kappa shape index (κ1) is 80.6. The van der Waals surface area contributed by atoms with Gasteiger partial charge in [0.25, 0.3) is 0 Å². The second kappa shape index (κ2) is 57.4. The number of aliphatic hydroxyl groups excluding tert-OH is 8. The largest absolute Gasteiger partial charge is 0.394 e. The van der Waals surface area contributed by atoms with Crippen molar-refractivity contribution in [2.75, 3.05) is 19.8 Å². The van der Waals surface area contributed by atoms with E-state index in [4.69, 9.17) is 18.9 Å². The molecule has 2 aliphatic rings. The van der Waals surface area contributed by atoms with Crippen molar-refractivity contribution in [2.24, 2.45) is 0 Å². The van der Waals surface area contributed by atoms with Crippen LogP contribution in [0.1, 0.15) is 335 Å². The van der Waals surface area contributed by atoms with Crippen molar-refractivity contribution in [2.45, 2.75) is 408 Å². The molecule has 0 radical (unpaired) electrons. The smallest absolute Gasteiger partial charge is 0.220 e. The Hall–Kier alpha value is -1.53. The number of rotatable bonds is 61. The van der Waals surface area contributed by atoms with E-state index in [0.29, 0.717) is 12.8 Å². The molecule has 0 aliphatic carbocycles. The number of allylic oxidation sites excluding steroid dienone is 3. The highest BCUT2D eigenvalue weighted by Gasteiger charge is 2.51. The summed E-state index contributed by atoms with van der Waals surface area (Å²) >= 11 is 0. The summed E-state index contributed by atoms with van der Waals surface area (Å²) in [5.41, 5.74) is 0. The summed E-state index contributed by atoms with van der Waals surface area (Å²) in [6, 6.07) is -0.929. The maximum atomic E-state index is 13.3. The molecule has 12 unspecified atom stereocenters. The predicted molar refractivity (Wildman–Crippen MR) is 351 cm³/mol. The van der Waals surface area contributed by atoms with E-state index in [-0.39, 0.29) is 18.9 Å². The average molecular weight is 1220 g/mol. The zero-order valence-corrected chi connectivity index (χ0v) is 55.3. The number of hydrogen-bond donors (Lipinski definition) is 9. The minimum atomic E-state index is -1.79. The van der Waals surface area contributed by atoms with Crippen LogP contribution in [0.15, 0.2) is 24.3 Å². The molecule has 14 nitrogen and oxygen atoms in total. The SMILES string of the molecule is CCCCCCCCCCCCCCCCCCCC/C=C/CC/C=C/C(O)C(COC1OC(CO)C(OC2OC(CO)C(O)C(O)C2O)C(O)C1O)NC(=O)CCCCCCCCCCCCCCCCCCCCCCCCCCCCCC. The lowest BCUT2D eigenvalue weighted by molar-refractivity contribution is -0.359. The number of amides is 1. The summed E-state index contributed by atoms with van der Waals surface area (Å²) in [6.45, 7) is 2.84. The Kier molecular flexibility index (Phi) is 53.7. The average Bonchev–Trinajstić information content (AvgIpc) is 3.48. The summed E-state index contributed by atoms with van der Waals surface area (Å²) in [5.74, 6) is -0.241. The molecule has 0 bridgehead atoms. The van der Waals surface area contributed by atoms with Crippen LogP contribution in [-0.2, 0) is 23.7 Å². The standard InChI is InChI=1S/C72H137NO13/c1-3-5-7-9-11-13-15-17-19-21-23-25-27-29-30-31-32-34-36-38-40-42-44-46-48-50-52-54-56-64(77)73-60(59-83-71-69(82)67(80)70(63(58-75)85-71)86-72-68(81)66(79)65(78)62(57-74)84-72)61(76)55-53-51-49-47-45-43-41-39-37-35-33-28-26-24-22-20-18-16-14-12-10-8-6-4-2/h45,47,53,55,60-63,65-72,74-76,78-82H,3-44,46,48-52,54,56-59H2,1-2H3,(H,73,77)/b47-45+,55-53+. The van der Waals surface area contributed by atoms with Gasteiger partial charge in [0.05, 0.1) is 32.0 Å². The lowest BCUT2D eigenvalue weighted by atomic mass is 9.97. The van der Waals surface area contributed by atoms with Crippen molar-refractivity contribution in [1.82, 2.24) is 5.32 Å². The van der Waals surface area contributed by atoms with Crippen LogP contribution in [-0.4, -0.2) is 140 Å². The predicted octanol–water partition coefficient (Wildman–Crippen LogP) is 15.1. The van der Waals surface area contributed by atoms with Gasteiger partial charge in [-0.15, -0.1) is 0 Å². The number of carbonyl (C=O) groups is 1. The van der Waals surface area contributed by atoms with Gasteiger partial charge in [0, 0.05) is 6.42 Å². The van der Waals surface area contributed by atoms with E-state index in [1.807, 2.05) is 6.08 Å². The highest BCUT2D eigenvalue weighted by molar-refractivity contribution is 5.76. The quantitative estimate of drug-likeness (QED) is 0.0204. The second-order valence-corrected chi connectivity index (χ2v) is 26.1. The van der Waals surface area contributed by atoms with Crippen LogP contribution in [0.25, 0.3) is 0 Å². The van der Waals surface area contributed by atoms with E-state index in [9.17, 15) is 45.6 Å². The highest BCUT2D eigenvalue weighted by Crippen LogP contribution is 2.30. The van der Waals surface area contributed by atoms with Gasteiger partial charge in [-0.2, -0.15) is 0 Å². The van der Waals surface area contributed by atoms with Crippen molar-refractivity contribution in [1.29, 1.82) is 0 Å². The van der Waals surface area contributed by atoms with Crippen molar-refractivity contribution in [3.63, 3.8) is 0 Å². The van der Waals surface area contributed by atoms with Gasteiger partial charge in [-0.1, -0.05) is 321 Å². The molecule has 2 saturated heterocycles. The Morgan fingerprint density at radius 1 is 0.407 bits per heavy atom. The van der Waals surface area contributed by atoms with Crippen molar-refractivity contribution >= 4 is 5.91 Å². The van der Waals surface area contributed by atoms with Crippen LogP contribution >= 0.6 is 0 Å². The van der Waals surface area contributed by atoms with E-state index < -0.39 is 86.8 Å². The fourth-order valence-electron chi connectivity index (χ4n) is 12.3. The summed E-state index contributed by atoms with van der Waals surface area (Å²) in [6.07, 6.45) is 55.3. The molecule has 508 valence electrons. The zero-order chi connectivity index (χ0) is 62.3. The van der Waals surface area contributed by atoms with Crippen molar-refractivity contribution in [3.8, 4) is 0 Å². The van der Waals surface area contributed by atoms with Crippen molar-refractivity contribution in [3.05, 3.63) is 24.3 Å². The van der Waals surface area contributed by atoms with E-state index in [1.165, 1.54) is 270 Å². The molecule has 12 atom stereocenters. The Morgan fingerprint density at radius 2 is 0.744 bits per heavy atom. The van der Waals surface area contributed by atoms with Gasteiger partial charge in [-0.25, -0.2) is 0 Å². The topological polar surface area (TPSA) is 228 Å². The Labute approximate surface area is 526 Å². The van der Waals surface area contributed by atoms with Gasteiger partial charge in [-0.3, -0.25) is 4.79 Å². The summed E-state index contributed by atoms with van der Waals surface area (Å²) in [7, 11) is 0. The van der Waals surface area contributed by atoms with Gasteiger partial charge in [0.15, 0.2) is 12.6 Å². The fraction of sp³-hybridized carbons (Fsp3) is 0.931. The van der Waals surface area contributed by atoms with Crippen LogP contribution in [0.5, 0.6) is 0 Å². The minimum absolute atomic E-state index is 0.241. The van der Waals surface area contributed by atoms with Gasteiger partial charge >= 0.3 is 0 Å². The number of hydrogen-bond acceptors (Lipinski definition) is 13. The maximum absolute atomic E-state index is 13.3. The molecule has 86 heavy (non-hydrogen) atoms. The van der Waals surface area contributed by atoms with Gasteiger partial charge in [0.2, 0.25) is 5.91 Å². The lowest BCUT2D eigenvalue weighted by Gasteiger charge is -2.46. The molecule has 2 rings (SSSR count). The number of nitrogens with one attached hydrogen (secondary N) is 1. The Balaban J connectivity index is 1.67. The fourth-order valence-corrected chi connectivity index (χ4v) is 12.3. The Morgan fingerprint density at radius 3 is 1.14 bits per heavy atom. The minimum Gasteiger partial charge on any atom is -0.394 e. The molecule has 0 spiro atoms. The molecule has 0 aromatic rings. The molecule has 9 N–H and O–H groups in total. The van der Waals surface area contributed by atoms with Crippen molar-refractivity contribution < 1.29 is 64.6 Å². The van der Waals surface area contributed by atoms with Gasteiger partial charge < -0.3 is 65.1 Å². The molecule has 14 heteroatoms. The molecule has 0 aromatic heterocycles. The van der Waals surface area contributed by atoms with Crippen LogP contribution in [0.3, 0.4) is 0 Å². The van der Waals surface area contributed by atoms with Gasteiger partial charge in [-0.05, 0) is 32.1 Å². The van der Waals surface area contributed by atoms with Crippen LogP contribution in [0.4, 0.5) is 0 Å². The van der Waals surface area contributed by atoms with E-state index >= 15 is 0 Å². The normalized spacial score (nSPS) is 23.5. The van der Waals surface area contributed by atoms with E-state index in [2.05, 4.69) is 31.3 Å². The first-order valence-corrected chi connectivity index (χ1v) is 36.6. The van der Waals surface area contributed by atoms with Crippen LogP contribution in [0, 0.1) is 0 Å². The molecule has 2 fully saturated rings. The number of carbonyl (C=O) groups excluding carboxylic acids is 1. The molecule has 0 aromatic carbocycles. The number of aliphatic hydroxyl groups is 8. The Bertz CT molecular complexity index is 1540. The monoisotopic (exact) mass is 1220 g/mol. The van der Waals surface area contributed by atoms with Crippen LogP contribution in [0.2, 0.25) is 0 Å². The molecular formula is C72H137NO13. The third-order valence-corrected chi connectivity index (χ3v) is 18.1. The molecular weight excluding hydrogens is 1090 g/mol. The second-order valence-electron chi connectivity index (χ2n) is 26.1. The third-order valence-electron chi connectivity index (χ3n) is 18.1. The lowest BCUT2D eigenvalue weighted by Crippen LogP contribution is -2.65. The van der Waals surface area contributed by atoms with Crippen LogP contribution < -0.4 is 5.32 Å². The zero-order valence-electron chi connectivity index (χ0n) is 55.3. The number of unbranched alkanes of at least 4 members (excludes halogenated alkanes) is 46.